The second kappa shape index (κ2) is 14.2. The lowest BCUT2D eigenvalue weighted by atomic mass is 10.0. The maximum Gasteiger partial charge on any atom is 0.251 e. The molecular formula is C33H34N4O7S. The summed E-state index contributed by atoms with van der Waals surface area (Å²) in [6.07, 6.45) is 0. The molecular weight excluding hydrogens is 596 g/mol. The lowest BCUT2D eigenvalue weighted by Gasteiger charge is -2.32. The third-order valence-corrected chi connectivity index (χ3v) is 7.89. The van der Waals surface area contributed by atoms with E-state index in [4.69, 9.17) is 23.7 Å². The molecule has 1 aromatic heterocycles. The van der Waals surface area contributed by atoms with Crippen molar-refractivity contribution in [1.82, 2.24) is 14.9 Å². The highest BCUT2D eigenvalue weighted by molar-refractivity contribution is 7.99. The predicted molar refractivity (Wildman–Crippen MR) is 169 cm³/mol. The summed E-state index contributed by atoms with van der Waals surface area (Å²) in [7, 11) is 4.64. The zero-order valence-corrected chi connectivity index (χ0v) is 26.5. The number of amides is 2. The van der Waals surface area contributed by atoms with Gasteiger partial charge < -0.3 is 33.9 Å². The largest absolute Gasteiger partial charge is 0.497 e. The van der Waals surface area contributed by atoms with Gasteiger partial charge in [0.15, 0.2) is 16.7 Å². The fraction of sp³-hybridized carbons (Fsp3) is 0.273. The molecule has 0 saturated heterocycles. The van der Waals surface area contributed by atoms with Crippen LogP contribution in [0.15, 0.2) is 71.9 Å². The second-order valence-corrected chi connectivity index (χ2v) is 11.1. The molecule has 0 fully saturated rings. The minimum atomic E-state index is -1.07. The number of benzene rings is 3. The van der Waals surface area contributed by atoms with Gasteiger partial charge in [-0.1, -0.05) is 30.0 Å². The van der Waals surface area contributed by atoms with E-state index >= 15 is 0 Å². The summed E-state index contributed by atoms with van der Waals surface area (Å²) < 4.78 is 27.3. The number of anilines is 1. The van der Waals surface area contributed by atoms with Crippen LogP contribution >= 0.6 is 11.8 Å². The highest BCUT2D eigenvalue weighted by Gasteiger charge is 2.33. The van der Waals surface area contributed by atoms with Crippen molar-refractivity contribution in [2.75, 3.05) is 39.2 Å². The van der Waals surface area contributed by atoms with Crippen molar-refractivity contribution >= 4 is 29.3 Å². The van der Waals surface area contributed by atoms with Crippen molar-refractivity contribution in [3.63, 3.8) is 0 Å². The Labute approximate surface area is 265 Å². The molecule has 0 bridgehead atoms. The Hall–Kier alpha value is -4.97. The molecule has 1 unspecified atom stereocenters. The minimum Gasteiger partial charge on any atom is -0.497 e. The molecule has 0 saturated carbocycles. The molecule has 4 aromatic rings. The first-order valence-electron chi connectivity index (χ1n) is 14.1. The van der Waals surface area contributed by atoms with E-state index in [-0.39, 0.29) is 25.0 Å². The first kappa shape index (κ1) is 31.5. The van der Waals surface area contributed by atoms with Crippen molar-refractivity contribution in [3.8, 4) is 28.7 Å². The Morgan fingerprint density at radius 1 is 0.867 bits per heavy atom. The summed E-state index contributed by atoms with van der Waals surface area (Å²) in [4.78, 5) is 39.0. The van der Waals surface area contributed by atoms with Crippen molar-refractivity contribution in [2.24, 2.45) is 0 Å². The predicted octanol–water partition coefficient (Wildman–Crippen LogP) is 5.35. The van der Waals surface area contributed by atoms with E-state index in [1.165, 1.54) is 18.9 Å². The summed E-state index contributed by atoms with van der Waals surface area (Å²) in [5.74, 6) is 1.95. The quantitative estimate of drug-likeness (QED) is 0.162. The van der Waals surface area contributed by atoms with Gasteiger partial charge in [0.25, 0.3) is 5.91 Å². The van der Waals surface area contributed by atoms with E-state index in [0.717, 1.165) is 17.0 Å². The molecule has 1 aliphatic heterocycles. The van der Waals surface area contributed by atoms with Crippen molar-refractivity contribution < 1.29 is 33.3 Å². The molecule has 2 heterocycles. The third-order valence-electron chi connectivity index (χ3n) is 7.06. The summed E-state index contributed by atoms with van der Waals surface area (Å²) in [5, 5.41) is 3.45. The first-order valence-corrected chi connectivity index (χ1v) is 15.1. The van der Waals surface area contributed by atoms with Crippen LogP contribution in [0.3, 0.4) is 0 Å². The van der Waals surface area contributed by atoms with Crippen LogP contribution in [0.2, 0.25) is 0 Å². The van der Waals surface area contributed by atoms with E-state index in [1.54, 1.807) is 55.5 Å². The zero-order valence-electron chi connectivity index (χ0n) is 25.7. The molecule has 12 heteroatoms. The van der Waals surface area contributed by atoms with Crippen LogP contribution in [0.5, 0.6) is 28.7 Å². The molecule has 11 nitrogen and oxygen atoms in total. The molecule has 2 amide bonds. The van der Waals surface area contributed by atoms with Gasteiger partial charge in [0.05, 0.1) is 32.8 Å². The van der Waals surface area contributed by atoms with Crippen LogP contribution < -0.4 is 29.0 Å². The number of nitrogens with zero attached hydrogens (tertiary/aromatic N) is 3. The van der Waals surface area contributed by atoms with E-state index < -0.39 is 11.9 Å². The molecule has 5 rings (SSSR count). The Bertz CT molecular complexity index is 1660. The number of aryl methyl sites for hydroxylation is 2. The van der Waals surface area contributed by atoms with Crippen molar-refractivity contribution in [1.29, 1.82) is 0 Å². The minimum absolute atomic E-state index is 0.000757. The second-order valence-electron chi connectivity index (χ2n) is 10.2. The number of nitrogens with one attached hydrogen (secondary N) is 1. The van der Waals surface area contributed by atoms with Gasteiger partial charge in [-0.25, -0.2) is 9.97 Å². The lowest BCUT2D eigenvalue weighted by molar-refractivity contribution is -0.137. The van der Waals surface area contributed by atoms with Gasteiger partial charge in [-0.15, -0.1) is 0 Å². The fourth-order valence-corrected chi connectivity index (χ4v) is 5.71. The van der Waals surface area contributed by atoms with E-state index in [2.05, 4.69) is 15.3 Å². The SMILES string of the molecule is COc1ccc(CN(C(=O)CSc2nc(C)cc(C)n2)C(C(=O)Nc2ccc(OC)cc2OC)c2ccc3c(c2)OCO3)cc1. The van der Waals surface area contributed by atoms with E-state index in [0.29, 0.717) is 45.2 Å². The number of ether oxygens (including phenoxy) is 5. The molecule has 3 aromatic carbocycles. The molecule has 234 valence electrons. The molecule has 1 N–H and O–H groups in total. The van der Waals surface area contributed by atoms with Gasteiger partial charge in [0.2, 0.25) is 12.7 Å². The van der Waals surface area contributed by atoms with Crippen LogP contribution in [0, 0.1) is 13.8 Å². The first-order chi connectivity index (χ1) is 21.8. The molecule has 45 heavy (non-hydrogen) atoms. The summed E-state index contributed by atoms with van der Waals surface area (Å²) in [5.41, 5.74) is 3.37. The lowest BCUT2D eigenvalue weighted by Crippen LogP contribution is -2.42. The Morgan fingerprint density at radius 2 is 1.56 bits per heavy atom. The molecule has 0 aliphatic carbocycles. The smallest absolute Gasteiger partial charge is 0.251 e. The van der Waals surface area contributed by atoms with Gasteiger partial charge in [-0.2, -0.15) is 0 Å². The Kier molecular flexibility index (Phi) is 9.93. The number of methoxy groups -OCH3 is 3. The van der Waals surface area contributed by atoms with Crippen molar-refractivity contribution in [2.45, 2.75) is 31.6 Å². The van der Waals surface area contributed by atoms with Gasteiger partial charge >= 0.3 is 0 Å². The summed E-state index contributed by atoms with van der Waals surface area (Å²) >= 11 is 1.22. The number of rotatable bonds is 12. The standard InChI is InChI=1S/C33H34N4O7S/c1-20-14-21(2)35-33(34-20)45-18-30(38)37(17-22-6-9-24(40-3)10-7-22)31(23-8-13-27-29(15-23)44-19-43-27)32(39)36-26-12-11-25(41-4)16-28(26)42-5/h6-16,31H,17-19H2,1-5H3,(H,36,39). The van der Waals surface area contributed by atoms with Crippen LogP contribution in [0.25, 0.3) is 0 Å². The number of fused-ring (bicyclic) bond motifs is 1. The number of thioether (sulfide) groups is 1. The third kappa shape index (κ3) is 7.58. The molecule has 0 radical (unpaired) electrons. The van der Waals surface area contributed by atoms with E-state index in [9.17, 15) is 9.59 Å². The number of carbonyl (C=O) groups excluding carboxylic acids is 2. The monoisotopic (exact) mass is 630 g/mol. The van der Waals surface area contributed by atoms with Gasteiger partial charge in [-0.05, 0) is 67.4 Å². The van der Waals surface area contributed by atoms with Crippen LogP contribution in [-0.2, 0) is 16.1 Å². The number of hydrogen-bond donors (Lipinski definition) is 1. The van der Waals surface area contributed by atoms with E-state index in [1.807, 2.05) is 44.2 Å². The average Bonchev–Trinajstić information content (AvgIpc) is 3.51. The maximum absolute atomic E-state index is 14.3. The normalized spacial score (nSPS) is 12.3. The van der Waals surface area contributed by atoms with Crippen LogP contribution in [0.1, 0.15) is 28.6 Å². The number of aromatic nitrogens is 2. The van der Waals surface area contributed by atoms with Gasteiger partial charge in [0.1, 0.15) is 23.3 Å². The number of carbonyl (C=O) groups is 2. The highest BCUT2D eigenvalue weighted by Crippen LogP contribution is 2.38. The van der Waals surface area contributed by atoms with Crippen molar-refractivity contribution in [3.05, 3.63) is 89.2 Å². The molecule has 1 atom stereocenters. The topological polar surface area (TPSA) is 121 Å². The summed E-state index contributed by atoms with van der Waals surface area (Å²) in [6.45, 7) is 3.96. The Balaban J connectivity index is 1.54. The number of hydrogen-bond acceptors (Lipinski definition) is 10. The fourth-order valence-electron chi connectivity index (χ4n) is 4.88. The molecule has 0 spiro atoms. The Morgan fingerprint density at radius 3 is 2.24 bits per heavy atom. The molecule has 1 aliphatic rings. The zero-order chi connectivity index (χ0) is 31.9. The highest BCUT2D eigenvalue weighted by atomic mass is 32.2. The van der Waals surface area contributed by atoms with Gasteiger partial charge in [0, 0.05) is 24.0 Å². The average molecular weight is 631 g/mol. The summed E-state index contributed by atoms with van der Waals surface area (Å²) in [6, 6.07) is 18.5. The van der Waals surface area contributed by atoms with Crippen LogP contribution in [0.4, 0.5) is 5.69 Å². The van der Waals surface area contributed by atoms with Gasteiger partial charge in [-0.3, -0.25) is 9.59 Å². The van der Waals surface area contributed by atoms with Crippen LogP contribution in [-0.4, -0.2) is 60.6 Å². The maximum atomic E-state index is 14.3.